The van der Waals surface area contributed by atoms with Gasteiger partial charge in [0.05, 0.1) is 4.92 Å². The standard InChI is InChI=1S/C23H20ClN3O6/c24-21-17(9-25-10-19(21)27(31)32)22(29)20(28)11-26-23(30)33-12-18-15-7-3-1-5-13(15)14-6-2-4-8-16(14)18/h1-10,18,20,22,28-29H,11-12H2,(H,26,30). The molecule has 3 aromatic rings. The minimum absolute atomic E-state index is 0.0964. The van der Waals surface area contributed by atoms with E-state index in [0.29, 0.717) is 0 Å². The summed E-state index contributed by atoms with van der Waals surface area (Å²) >= 11 is 5.95. The second kappa shape index (κ2) is 9.53. The van der Waals surface area contributed by atoms with Gasteiger partial charge in [-0.05, 0) is 22.3 Å². The number of nitrogens with one attached hydrogen (secondary N) is 1. The molecule has 1 aliphatic carbocycles. The maximum absolute atomic E-state index is 12.2. The van der Waals surface area contributed by atoms with Gasteiger partial charge in [0.1, 0.15) is 30.0 Å². The molecule has 2 atom stereocenters. The maximum Gasteiger partial charge on any atom is 0.407 e. The van der Waals surface area contributed by atoms with Gasteiger partial charge in [-0.3, -0.25) is 15.1 Å². The van der Waals surface area contributed by atoms with Crippen LogP contribution in [0.4, 0.5) is 10.5 Å². The number of amides is 1. The number of aliphatic hydroxyl groups excluding tert-OH is 2. The van der Waals surface area contributed by atoms with Crippen LogP contribution in [-0.2, 0) is 4.74 Å². The van der Waals surface area contributed by atoms with Crippen LogP contribution in [-0.4, -0.2) is 45.5 Å². The Morgan fingerprint density at radius 3 is 2.33 bits per heavy atom. The highest BCUT2D eigenvalue weighted by Gasteiger charge is 2.30. The number of halogens is 1. The summed E-state index contributed by atoms with van der Waals surface area (Å²) in [7, 11) is 0. The number of hydrogen-bond donors (Lipinski definition) is 3. The summed E-state index contributed by atoms with van der Waals surface area (Å²) < 4.78 is 5.38. The van der Waals surface area contributed by atoms with Crippen molar-refractivity contribution in [3.8, 4) is 11.1 Å². The molecule has 170 valence electrons. The van der Waals surface area contributed by atoms with Gasteiger partial charge in [0.2, 0.25) is 0 Å². The van der Waals surface area contributed by atoms with Crippen molar-refractivity contribution in [3.05, 3.63) is 92.8 Å². The van der Waals surface area contributed by atoms with Crippen molar-refractivity contribution in [1.29, 1.82) is 0 Å². The van der Waals surface area contributed by atoms with E-state index in [-0.39, 0.29) is 29.7 Å². The van der Waals surface area contributed by atoms with Gasteiger partial charge in [-0.1, -0.05) is 60.1 Å². The zero-order valence-electron chi connectivity index (χ0n) is 17.2. The maximum atomic E-state index is 12.2. The SMILES string of the molecule is O=C(NCC(O)C(O)c1cncc([N+](=O)[O-])c1Cl)OCC1c2ccccc2-c2ccccc21. The summed E-state index contributed by atoms with van der Waals surface area (Å²) in [6.45, 7) is -0.268. The third-order valence-electron chi connectivity index (χ3n) is 5.57. The molecule has 1 heterocycles. The molecule has 1 aliphatic rings. The Balaban J connectivity index is 1.36. The van der Waals surface area contributed by atoms with Crippen LogP contribution in [0.2, 0.25) is 5.02 Å². The highest BCUT2D eigenvalue weighted by atomic mass is 35.5. The molecule has 1 aromatic heterocycles. The number of alkyl carbamates (subject to hydrolysis) is 1. The molecule has 1 amide bonds. The van der Waals surface area contributed by atoms with Gasteiger partial charge in [-0.2, -0.15) is 0 Å². The number of ether oxygens (including phenoxy) is 1. The molecule has 0 aliphatic heterocycles. The number of carbonyl (C=O) groups is 1. The minimum Gasteiger partial charge on any atom is -0.449 e. The van der Waals surface area contributed by atoms with E-state index in [1.165, 1.54) is 0 Å². The molecule has 0 fully saturated rings. The Morgan fingerprint density at radius 1 is 1.12 bits per heavy atom. The van der Waals surface area contributed by atoms with Crippen molar-refractivity contribution < 1.29 is 24.7 Å². The van der Waals surface area contributed by atoms with Gasteiger partial charge in [-0.25, -0.2) is 4.79 Å². The first-order valence-corrected chi connectivity index (χ1v) is 10.5. The number of rotatable bonds is 7. The molecule has 4 rings (SSSR count). The summed E-state index contributed by atoms with van der Waals surface area (Å²) in [5.41, 5.74) is 3.72. The Hall–Kier alpha value is -3.53. The van der Waals surface area contributed by atoms with Gasteiger partial charge < -0.3 is 20.3 Å². The van der Waals surface area contributed by atoms with Gasteiger partial charge in [0.15, 0.2) is 0 Å². The van der Waals surface area contributed by atoms with Crippen LogP contribution in [0.25, 0.3) is 11.1 Å². The average Bonchev–Trinajstić information content (AvgIpc) is 3.14. The first-order valence-electron chi connectivity index (χ1n) is 10.1. The minimum atomic E-state index is -1.60. The van der Waals surface area contributed by atoms with Crippen LogP contribution in [0, 0.1) is 10.1 Å². The molecule has 0 spiro atoms. The smallest absolute Gasteiger partial charge is 0.407 e. The average molecular weight is 470 g/mol. The third kappa shape index (κ3) is 4.51. The van der Waals surface area contributed by atoms with E-state index in [2.05, 4.69) is 10.3 Å². The zero-order valence-corrected chi connectivity index (χ0v) is 18.0. The number of aromatic nitrogens is 1. The highest BCUT2D eigenvalue weighted by Crippen LogP contribution is 2.44. The molecule has 33 heavy (non-hydrogen) atoms. The second-order valence-electron chi connectivity index (χ2n) is 7.54. The Morgan fingerprint density at radius 2 is 1.73 bits per heavy atom. The van der Waals surface area contributed by atoms with Crippen molar-refractivity contribution in [2.24, 2.45) is 0 Å². The molecule has 3 N–H and O–H groups in total. The first-order chi connectivity index (χ1) is 15.9. The van der Waals surface area contributed by atoms with Crippen LogP contribution < -0.4 is 5.32 Å². The molecule has 0 bridgehead atoms. The van der Waals surface area contributed by atoms with Crippen LogP contribution in [0.1, 0.15) is 28.7 Å². The van der Waals surface area contributed by atoms with Crippen LogP contribution in [0.15, 0.2) is 60.9 Å². The Labute approximate surface area is 193 Å². The fraction of sp³-hybridized carbons (Fsp3) is 0.217. The lowest BCUT2D eigenvalue weighted by atomic mass is 9.98. The monoisotopic (exact) mass is 469 g/mol. The van der Waals surface area contributed by atoms with Gasteiger partial charge in [0, 0.05) is 24.2 Å². The van der Waals surface area contributed by atoms with E-state index in [1.54, 1.807) is 0 Å². The normalized spacial score (nSPS) is 14.2. The predicted octanol–water partition coefficient (Wildman–Crippen LogP) is 3.58. The van der Waals surface area contributed by atoms with E-state index in [1.807, 2.05) is 48.5 Å². The van der Waals surface area contributed by atoms with E-state index in [4.69, 9.17) is 16.3 Å². The number of fused-ring (bicyclic) bond motifs is 3. The predicted molar refractivity (Wildman–Crippen MR) is 120 cm³/mol. The Bertz CT molecular complexity index is 1160. The number of pyridine rings is 1. The summed E-state index contributed by atoms with van der Waals surface area (Å²) in [6.07, 6.45) is -1.80. The highest BCUT2D eigenvalue weighted by molar-refractivity contribution is 6.33. The molecular weight excluding hydrogens is 450 g/mol. The fourth-order valence-electron chi connectivity index (χ4n) is 3.94. The lowest BCUT2D eigenvalue weighted by Gasteiger charge is -2.19. The number of aliphatic hydroxyl groups is 2. The van der Waals surface area contributed by atoms with Crippen molar-refractivity contribution in [2.75, 3.05) is 13.2 Å². The van der Waals surface area contributed by atoms with Gasteiger partial charge in [0.25, 0.3) is 0 Å². The van der Waals surface area contributed by atoms with Crippen molar-refractivity contribution >= 4 is 23.4 Å². The number of hydrogen-bond acceptors (Lipinski definition) is 7. The summed E-state index contributed by atoms with van der Waals surface area (Å²) in [4.78, 5) is 26.1. The lowest BCUT2D eigenvalue weighted by molar-refractivity contribution is -0.385. The zero-order chi connectivity index (χ0) is 23.5. The van der Waals surface area contributed by atoms with Crippen LogP contribution >= 0.6 is 11.6 Å². The van der Waals surface area contributed by atoms with E-state index in [9.17, 15) is 25.1 Å². The molecule has 10 heteroatoms. The topological polar surface area (TPSA) is 135 Å². The quantitative estimate of drug-likeness (QED) is 0.355. The van der Waals surface area contributed by atoms with Crippen LogP contribution in [0.3, 0.4) is 0 Å². The molecule has 0 saturated carbocycles. The Kier molecular flexibility index (Phi) is 6.55. The number of benzene rings is 2. The largest absolute Gasteiger partial charge is 0.449 e. The number of carbonyl (C=O) groups excluding carboxylic acids is 1. The lowest BCUT2D eigenvalue weighted by Crippen LogP contribution is -2.36. The molecule has 0 saturated heterocycles. The fourth-order valence-corrected chi connectivity index (χ4v) is 4.22. The van der Waals surface area contributed by atoms with Crippen molar-refractivity contribution in [3.63, 3.8) is 0 Å². The molecular formula is C23H20ClN3O6. The summed E-state index contributed by atoms with van der Waals surface area (Å²) in [5.74, 6) is -0.117. The molecule has 2 unspecified atom stereocenters. The molecule has 2 aromatic carbocycles. The summed E-state index contributed by atoms with van der Waals surface area (Å²) in [5, 5.41) is 33.6. The first kappa shape index (κ1) is 22.7. The van der Waals surface area contributed by atoms with Crippen molar-refractivity contribution in [1.82, 2.24) is 10.3 Å². The van der Waals surface area contributed by atoms with Gasteiger partial charge >= 0.3 is 11.8 Å². The number of nitro groups is 1. The van der Waals surface area contributed by atoms with Crippen LogP contribution in [0.5, 0.6) is 0 Å². The number of nitrogens with zero attached hydrogens (tertiary/aromatic N) is 2. The van der Waals surface area contributed by atoms with E-state index in [0.717, 1.165) is 34.6 Å². The van der Waals surface area contributed by atoms with Crippen molar-refractivity contribution in [2.45, 2.75) is 18.1 Å². The second-order valence-corrected chi connectivity index (χ2v) is 7.92. The molecule has 9 nitrogen and oxygen atoms in total. The van der Waals surface area contributed by atoms with E-state index < -0.39 is 28.9 Å². The van der Waals surface area contributed by atoms with Gasteiger partial charge in [-0.15, -0.1) is 0 Å². The third-order valence-corrected chi connectivity index (χ3v) is 5.98. The molecule has 0 radical (unpaired) electrons. The summed E-state index contributed by atoms with van der Waals surface area (Å²) in [6, 6.07) is 15.8. The van der Waals surface area contributed by atoms with E-state index >= 15 is 0 Å².